The molecule has 0 saturated heterocycles. The Balaban J connectivity index is 3.60. The van der Waals surface area contributed by atoms with Crippen molar-refractivity contribution in [1.29, 1.82) is 0 Å². The second-order valence-corrected chi connectivity index (χ2v) is 5.41. The number of hydrogen-bond donors (Lipinski definition) is 1. The SMILES string of the molecule is CNC(C)(C)CN(C)CCCC(C)C. The molecule has 0 saturated carbocycles. The minimum Gasteiger partial charge on any atom is -0.314 e. The highest BCUT2D eigenvalue weighted by molar-refractivity contribution is 4.78. The van der Waals surface area contributed by atoms with Gasteiger partial charge in [-0.25, -0.2) is 0 Å². The molecule has 0 unspecified atom stereocenters. The van der Waals surface area contributed by atoms with Crippen LogP contribution < -0.4 is 5.32 Å². The predicted octanol–water partition coefficient (Wildman–Crippen LogP) is 2.35. The van der Waals surface area contributed by atoms with Crippen LogP contribution in [0.25, 0.3) is 0 Å². The first kappa shape index (κ1) is 13.9. The van der Waals surface area contributed by atoms with E-state index < -0.39 is 0 Å². The lowest BCUT2D eigenvalue weighted by atomic mass is 10.0. The lowest BCUT2D eigenvalue weighted by Crippen LogP contribution is -2.46. The van der Waals surface area contributed by atoms with Crippen molar-refractivity contribution in [3.05, 3.63) is 0 Å². The van der Waals surface area contributed by atoms with Crippen LogP contribution in [0.15, 0.2) is 0 Å². The van der Waals surface area contributed by atoms with E-state index in [4.69, 9.17) is 0 Å². The maximum absolute atomic E-state index is 3.33. The van der Waals surface area contributed by atoms with Gasteiger partial charge < -0.3 is 10.2 Å². The number of rotatable bonds is 7. The molecule has 0 aromatic rings. The summed E-state index contributed by atoms with van der Waals surface area (Å²) in [6.45, 7) is 11.4. The van der Waals surface area contributed by atoms with E-state index in [1.165, 1.54) is 19.4 Å². The molecule has 0 bridgehead atoms. The van der Waals surface area contributed by atoms with E-state index in [1.54, 1.807) is 0 Å². The van der Waals surface area contributed by atoms with Crippen LogP contribution in [0.4, 0.5) is 0 Å². The van der Waals surface area contributed by atoms with Crippen LogP contribution in [0.5, 0.6) is 0 Å². The molecule has 0 aliphatic heterocycles. The number of likely N-dealkylation sites (N-methyl/N-ethyl adjacent to an activating group) is 2. The topological polar surface area (TPSA) is 15.3 Å². The van der Waals surface area contributed by atoms with Crippen LogP contribution >= 0.6 is 0 Å². The second-order valence-electron chi connectivity index (χ2n) is 5.41. The highest BCUT2D eigenvalue weighted by Gasteiger charge is 2.16. The molecule has 0 atom stereocenters. The molecule has 2 nitrogen and oxygen atoms in total. The highest BCUT2D eigenvalue weighted by atomic mass is 15.1. The molecular weight excluding hydrogens is 172 g/mol. The zero-order valence-corrected chi connectivity index (χ0v) is 10.9. The summed E-state index contributed by atoms with van der Waals surface area (Å²) in [5.41, 5.74) is 0.229. The van der Waals surface area contributed by atoms with E-state index in [2.05, 4.69) is 45.0 Å². The van der Waals surface area contributed by atoms with Crippen LogP contribution in [-0.4, -0.2) is 37.6 Å². The van der Waals surface area contributed by atoms with Crippen molar-refractivity contribution in [1.82, 2.24) is 10.2 Å². The summed E-state index contributed by atoms with van der Waals surface area (Å²) in [7, 11) is 4.24. The molecular formula is C12H28N2. The quantitative estimate of drug-likeness (QED) is 0.678. The third-order valence-corrected chi connectivity index (χ3v) is 2.66. The maximum atomic E-state index is 3.33. The number of hydrogen-bond acceptors (Lipinski definition) is 2. The van der Waals surface area contributed by atoms with Gasteiger partial charge in [-0.2, -0.15) is 0 Å². The summed E-state index contributed by atoms with van der Waals surface area (Å²) in [6.07, 6.45) is 2.65. The van der Waals surface area contributed by atoms with Gasteiger partial charge in [-0.05, 0) is 53.2 Å². The van der Waals surface area contributed by atoms with Gasteiger partial charge in [0.1, 0.15) is 0 Å². The summed E-state index contributed by atoms with van der Waals surface area (Å²) in [6, 6.07) is 0. The van der Waals surface area contributed by atoms with Gasteiger partial charge in [-0.1, -0.05) is 13.8 Å². The molecule has 86 valence electrons. The van der Waals surface area contributed by atoms with Gasteiger partial charge in [-0.15, -0.1) is 0 Å². The minimum atomic E-state index is 0.229. The van der Waals surface area contributed by atoms with E-state index in [-0.39, 0.29) is 5.54 Å². The summed E-state index contributed by atoms with van der Waals surface area (Å²) in [5, 5.41) is 3.33. The Morgan fingerprint density at radius 3 is 2.29 bits per heavy atom. The lowest BCUT2D eigenvalue weighted by Gasteiger charge is -2.30. The monoisotopic (exact) mass is 200 g/mol. The smallest absolute Gasteiger partial charge is 0.0249 e. The first-order valence-corrected chi connectivity index (χ1v) is 5.75. The molecule has 0 aromatic carbocycles. The fourth-order valence-corrected chi connectivity index (χ4v) is 1.60. The molecule has 0 amide bonds. The molecule has 14 heavy (non-hydrogen) atoms. The summed E-state index contributed by atoms with van der Waals surface area (Å²) >= 11 is 0. The van der Waals surface area contributed by atoms with E-state index >= 15 is 0 Å². The number of nitrogens with one attached hydrogen (secondary N) is 1. The Hall–Kier alpha value is -0.0800. The van der Waals surface area contributed by atoms with Crippen LogP contribution in [0, 0.1) is 5.92 Å². The molecule has 0 heterocycles. The molecule has 0 aliphatic carbocycles. The van der Waals surface area contributed by atoms with E-state index in [0.29, 0.717) is 0 Å². The predicted molar refractivity (Wildman–Crippen MR) is 64.7 cm³/mol. The van der Waals surface area contributed by atoms with Gasteiger partial charge in [0.25, 0.3) is 0 Å². The molecule has 0 aliphatic rings. The molecule has 0 aromatic heterocycles. The van der Waals surface area contributed by atoms with Crippen molar-refractivity contribution in [2.75, 3.05) is 27.2 Å². The van der Waals surface area contributed by atoms with Crippen molar-refractivity contribution in [3.63, 3.8) is 0 Å². The third-order valence-electron chi connectivity index (χ3n) is 2.66. The average Bonchev–Trinajstić information content (AvgIpc) is 2.02. The summed E-state index contributed by atoms with van der Waals surface area (Å²) in [5.74, 6) is 0.834. The van der Waals surface area contributed by atoms with Crippen molar-refractivity contribution in [2.45, 2.75) is 46.1 Å². The first-order chi connectivity index (χ1) is 6.37. The van der Waals surface area contributed by atoms with Crippen molar-refractivity contribution in [2.24, 2.45) is 5.92 Å². The zero-order valence-electron chi connectivity index (χ0n) is 10.9. The van der Waals surface area contributed by atoms with E-state index in [0.717, 1.165) is 12.5 Å². The lowest BCUT2D eigenvalue weighted by molar-refractivity contribution is 0.238. The fourth-order valence-electron chi connectivity index (χ4n) is 1.60. The first-order valence-electron chi connectivity index (χ1n) is 5.75. The molecule has 0 rings (SSSR count). The molecule has 0 spiro atoms. The number of nitrogens with zero attached hydrogens (tertiary/aromatic N) is 1. The van der Waals surface area contributed by atoms with Crippen LogP contribution in [0.3, 0.4) is 0 Å². The Morgan fingerprint density at radius 1 is 1.29 bits per heavy atom. The van der Waals surface area contributed by atoms with Crippen molar-refractivity contribution < 1.29 is 0 Å². The molecule has 0 radical (unpaired) electrons. The average molecular weight is 200 g/mol. The molecule has 1 N–H and O–H groups in total. The van der Waals surface area contributed by atoms with Gasteiger partial charge in [0.2, 0.25) is 0 Å². The Labute approximate surface area is 90.1 Å². The van der Waals surface area contributed by atoms with Gasteiger partial charge in [0.05, 0.1) is 0 Å². The van der Waals surface area contributed by atoms with Crippen LogP contribution in [-0.2, 0) is 0 Å². The highest BCUT2D eigenvalue weighted by Crippen LogP contribution is 2.07. The zero-order chi connectivity index (χ0) is 11.2. The third kappa shape index (κ3) is 7.34. The van der Waals surface area contributed by atoms with Gasteiger partial charge >= 0.3 is 0 Å². The van der Waals surface area contributed by atoms with Gasteiger partial charge in [0.15, 0.2) is 0 Å². The second kappa shape index (κ2) is 6.41. The molecule has 2 heteroatoms. The van der Waals surface area contributed by atoms with E-state index in [9.17, 15) is 0 Å². The largest absolute Gasteiger partial charge is 0.314 e. The minimum absolute atomic E-state index is 0.229. The Morgan fingerprint density at radius 2 is 1.86 bits per heavy atom. The van der Waals surface area contributed by atoms with Crippen LogP contribution in [0.1, 0.15) is 40.5 Å². The van der Waals surface area contributed by atoms with Crippen molar-refractivity contribution >= 4 is 0 Å². The Bertz CT molecular complexity index is 141. The van der Waals surface area contributed by atoms with Gasteiger partial charge in [-0.3, -0.25) is 0 Å². The standard InChI is InChI=1S/C12H28N2/c1-11(2)8-7-9-14(6)10-12(3,4)13-5/h11,13H,7-10H2,1-6H3. The van der Waals surface area contributed by atoms with E-state index in [1.807, 2.05) is 7.05 Å². The normalized spacial score (nSPS) is 12.9. The summed E-state index contributed by atoms with van der Waals surface area (Å²) in [4.78, 5) is 2.42. The van der Waals surface area contributed by atoms with Gasteiger partial charge in [0, 0.05) is 12.1 Å². The van der Waals surface area contributed by atoms with Crippen LogP contribution in [0.2, 0.25) is 0 Å². The Kier molecular flexibility index (Phi) is 6.38. The fraction of sp³-hybridized carbons (Fsp3) is 1.00. The summed E-state index contributed by atoms with van der Waals surface area (Å²) < 4.78 is 0. The maximum Gasteiger partial charge on any atom is 0.0249 e. The van der Waals surface area contributed by atoms with Crippen molar-refractivity contribution in [3.8, 4) is 0 Å². The molecule has 0 fully saturated rings.